The molecule has 0 aliphatic heterocycles. The first kappa shape index (κ1) is 34.9. The first-order valence-electron chi connectivity index (χ1n) is 15.8. The molecule has 0 aliphatic rings. The van der Waals surface area contributed by atoms with E-state index in [1.807, 2.05) is 0 Å². The van der Waals surface area contributed by atoms with E-state index in [0.717, 1.165) is 43.9 Å². The molecule has 36 heavy (non-hydrogen) atoms. The van der Waals surface area contributed by atoms with Gasteiger partial charge in [0.05, 0.1) is 0 Å². The third-order valence-corrected chi connectivity index (χ3v) is 8.43. The van der Waals surface area contributed by atoms with Gasteiger partial charge in [-0.1, -0.05) is 130 Å². The highest BCUT2D eigenvalue weighted by molar-refractivity contribution is 5.67. The molecule has 0 aromatic heterocycles. The maximum Gasteiger partial charge on any atom is 0.303 e. The highest BCUT2D eigenvalue weighted by atomic mass is 16.4. The zero-order valence-electron chi connectivity index (χ0n) is 24.6. The topological polar surface area (TPSA) is 74.6 Å². The van der Waals surface area contributed by atoms with Gasteiger partial charge in [-0.15, -0.1) is 0 Å². The van der Waals surface area contributed by atoms with E-state index >= 15 is 0 Å². The van der Waals surface area contributed by atoms with Gasteiger partial charge in [0.1, 0.15) is 0 Å². The van der Waals surface area contributed by atoms with Crippen LogP contribution in [0.2, 0.25) is 0 Å². The zero-order chi connectivity index (χ0) is 27.0. The maximum atomic E-state index is 11.9. The summed E-state index contributed by atoms with van der Waals surface area (Å²) in [5, 5.41) is 18.5. The van der Waals surface area contributed by atoms with Gasteiger partial charge >= 0.3 is 11.9 Å². The second-order valence-corrected chi connectivity index (χ2v) is 11.5. The predicted octanol–water partition coefficient (Wildman–Crippen LogP) is 10.3. The molecule has 0 fully saturated rings. The fourth-order valence-electron chi connectivity index (χ4n) is 5.95. The van der Waals surface area contributed by atoms with Crippen molar-refractivity contribution in [2.45, 2.75) is 169 Å². The third-order valence-electron chi connectivity index (χ3n) is 8.43. The van der Waals surface area contributed by atoms with Crippen molar-refractivity contribution in [3.8, 4) is 0 Å². The van der Waals surface area contributed by atoms with Crippen molar-refractivity contribution in [1.29, 1.82) is 0 Å². The molecule has 0 aromatic carbocycles. The highest BCUT2D eigenvalue weighted by Gasteiger charge is 2.28. The second-order valence-electron chi connectivity index (χ2n) is 11.5. The van der Waals surface area contributed by atoms with Crippen LogP contribution < -0.4 is 0 Å². The van der Waals surface area contributed by atoms with Gasteiger partial charge in [-0.2, -0.15) is 0 Å². The molecule has 0 spiro atoms. The number of hydrogen-bond acceptors (Lipinski definition) is 2. The smallest absolute Gasteiger partial charge is 0.303 e. The first-order chi connectivity index (χ1) is 17.4. The van der Waals surface area contributed by atoms with Crippen LogP contribution in [0.25, 0.3) is 0 Å². The summed E-state index contributed by atoms with van der Waals surface area (Å²) >= 11 is 0. The molecule has 0 aliphatic carbocycles. The Bertz CT molecular complexity index is 500. The van der Waals surface area contributed by atoms with E-state index in [2.05, 4.69) is 27.7 Å². The Morgan fingerprint density at radius 3 is 1.36 bits per heavy atom. The molecule has 4 nitrogen and oxygen atoms in total. The molecule has 0 bridgehead atoms. The second kappa shape index (κ2) is 24.3. The molecule has 3 unspecified atom stereocenters. The largest absolute Gasteiger partial charge is 0.481 e. The lowest BCUT2D eigenvalue weighted by molar-refractivity contribution is -0.139. The standard InChI is InChI=1S/C32H62O4/c1-5-9-20-27(7-3)24-30(25-28(8-4)21-10-6-2)29(26-32(35)36)22-18-16-14-12-11-13-15-17-19-23-31(33)34/h27-30H,5-26H2,1-4H3,(H,33,34)(H,35,36). The Kier molecular flexibility index (Phi) is 23.6. The minimum atomic E-state index is -0.684. The van der Waals surface area contributed by atoms with Crippen LogP contribution in [0.15, 0.2) is 0 Å². The van der Waals surface area contributed by atoms with E-state index < -0.39 is 11.9 Å². The van der Waals surface area contributed by atoms with Crippen molar-refractivity contribution in [3.05, 3.63) is 0 Å². The summed E-state index contributed by atoms with van der Waals surface area (Å²) in [4.78, 5) is 22.4. The van der Waals surface area contributed by atoms with Crippen LogP contribution in [-0.4, -0.2) is 22.2 Å². The SMILES string of the molecule is CCCCC(CC)CC(CC(CC)CCCC)C(CCCCCCCCCCCC(=O)O)CC(=O)O. The predicted molar refractivity (Wildman–Crippen MR) is 154 cm³/mol. The summed E-state index contributed by atoms with van der Waals surface area (Å²) in [5.41, 5.74) is 0. The molecule has 2 N–H and O–H groups in total. The summed E-state index contributed by atoms with van der Waals surface area (Å²) in [6.07, 6.45) is 24.5. The van der Waals surface area contributed by atoms with Gasteiger partial charge in [-0.3, -0.25) is 9.59 Å². The molecule has 0 saturated carbocycles. The number of carboxylic acid groups (broad SMARTS) is 2. The molecule has 3 atom stereocenters. The molecular formula is C32H62O4. The monoisotopic (exact) mass is 510 g/mol. The van der Waals surface area contributed by atoms with Crippen molar-refractivity contribution < 1.29 is 19.8 Å². The number of carbonyl (C=O) groups is 2. The first-order valence-corrected chi connectivity index (χ1v) is 15.8. The number of hydrogen-bond donors (Lipinski definition) is 2. The summed E-state index contributed by atoms with van der Waals surface area (Å²) in [7, 11) is 0. The molecule has 4 heteroatoms. The average Bonchev–Trinajstić information content (AvgIpc) is 2.85. The van der Waals surface area contributed by atoms with Gasteiger partial charge < -0.3 is 10.2 Å². The number of carboxylic acids is 2. The fraction of sp³-hybridized carbons (Fsp3) is 0.938. The van der Waals surface area contributed by atoms with Crippen LogP contribution in [0.5, 0.6) is 0 Å². The van der Waals surface area contributed by atoms with Crippen LogP contribution in [0.4, 0.5) is 0 Å². The maximum absolute atomic E-state index is 11.9. The molecule has 0 aromatic rings. The van der Waals surface area contributed by atoms with E-state index in [1.54, 1.807) is 0 Å². The number of aliphatic carboxylic acids is 2. The lowest BCUT2D eigenvalue weighted by atomic mass is 9.73. The lowest BCUT2D eigenvalue weighted by Crippen LogP contribution is -2.24. The van der Waals surface area contributed by atoms with Gasteiger partial charge in [0, 0.05) is 12.8 Å². The molecule has 0 radical (unpaired) electrons. The average molecular weight is 511 g/mol. The third kappa shape index (κ3) is 20.0. The van der Waals surface area contributed by atoms with E-state index in [-0.39, 0.29) is 0 Å². The van der Waals surface area contributed by atoms with E-state index in [0.29, 0.717) is 24.7 Å². The molecular weight excluding hydrogens is 448 g/mol. The van der Waals surface area contributed by atoms with E-state index in [4.69, 9.17) is 5.11 Å². The summed E-state index contributed by atoms with van der Waals surface area (Å²) in [5.74, 6) is 1.06. The Hall–Kier alpha value is -1.06. The Morgan fingerprint density at radius 2 is 0.972 bits per heavy atom. The van der Waals surface area contributed by atoms with Gasteiger partial charge in [-0.25, -0.2) is 0 Å². The minimum Gasteiger partial charge on any atom is -0.481 e. The van der Waals surface area contributed by atoms with Crippen LogP contribution in [-0.2, 0) is 9.59 Å². The van der Waals surface area contributed by atoms with E-state index in [9.17, 15) is 14.7 Å². The summed E-state index contributed by atoms with van der Waals surface area (Å²) in [6.45, 7) is 9.19. The Morgan fingerprint density at radius 1 is 0.528 bits per heavy atom. The van der Waals surface area contributed by atoms with Crippen molar-refractivity contribution in [2.24, 2.45) is 23.7 Å². The summed E-state index contributed by atoms with van der Waals surface area (Å²) in [6, 6.07) is 0. The van der Waals surface area contributed by atoms with E-state index in [1.165, 1.54) is 96.3 Å². The number of rotatable bonds is 27. The summed E-state index contributed by atoms with van der Waals surface area (Å²) < 4.78 is 0. The Balaban J connectivity index is 4.78. The molecule has 0 rings (SSSR count). The van der Waals surface area contributed by atoms with Gasteiger partial charge in [0.2, 0.25) is 0 Å². The van der Waals surface area contributed by atoms with Gasteiger partial charge in [0.25, 0.3) is 0 Å². The fourth-order valence-corrected chi connectivity index (χ4v) is 5.95. The highest BCUT2D eigenvalue weighted by Crippen LogP contribution is 2.37. The zero-order valence-corrected chi connectivity index (χ0v) is 24.6. The van der Waals surface area contributed by atoms with Crippen molar-refractivity contribution in [1.82, 2.24) is 0 Å². The lowest BCUT2D eigenvalue weighted by Gasteiger charge is -2.32. The van der Waals surface area contributed by atoms with Crippen molar-refractivity contribution in [2.75, 3.05) is 0 Å². The molecule has 214 valence electrons. The van der Waals surface area contributed by atoms with Crippen LogP contribution in [0.3, 0.4) is 0 Å². The van der Waals surface area contributed by atoms with Gasteiger partial charge in [-0.05, 0) is 49.4 Å². The quantitative estimate of drug-likeness (QED) is 0.108. The minimum absolute atomic E-state index is 0.299. The molecule has 0 saturated heterocycles. The molecule has 0 heterocycles. The Labute approximate surface area is 224 Å². The number of unbranched alkanes of at least 4 members (excludes halogenated alkanes) is 10. The van der Waals surface area contributed by atoms with Crippen molar-refractivity contribution in [3.63, 3.8) is 0 Å². The normalized spacial score (nSPS) is 14.9. The van der Waals surface area contributed by atoms with Crippen LogP contribution in [0, 0.1) is 23.7 Å². The van der Waals surface area contributed by atoms with Crippen LogP contribution in [0.1, 0.15) is 169 Å². The van der Waals surface area contributed by atoms with Gasteiger partial charge in [0.15, 0.2) is 0 Å². The van der Waals surface area contributed by atoms with Crippen LogP contribution >= 0.6 is 0 Å². The van der Waals surface area contributed by atoms with Crippen molar-refractivity contribution >= 4 is 11.9 Å². The molecule has 0 amide bonds.